The maximum atomic E-state index is 12.8. The number of hydrogen-bond donors (Lipinski definition) is 0. The van der Waals surface area contributed by atoms with Gasteiger partial charge in [0.05, 0.1) is 5.69 Å². The molecule has 0 fully saturated rings. The van der Waals surface area contributed by atoms with Gasteiger partial charge in [-0.05, 0) is 30.3 Å². The van der Waals surface area contributed by atoms with E-state index in [1.165, 1.54) is 18.3 Å². The average Bonchev–Trinajstić information content (AvgIpc) is 2.63. The highest BCUT2D eigenvalue weighted by atomic mass is 19.3. The Kier molecular flexibility index (Phi) is 1.98. The van der Waals surface area contributed by atoms with Crippen LogP contribution in [0.3, 0.4) is 0 Å². The van der Waals surface area contributed by atoms with E-state index in [1.54, 1.807) is 18.2 Å². The van der Waals surface area contributed by atoms with Gasteiger partial charge in [-0.25, -0.2) is 0 Å². The molecule has 0 amide bonds. The van der Waals surface area contributed by atoms with E-state index in [9.17, 15) is 8.78 Å². The lowest BCUT2D eigenvalue weighted by atomic mass is 10.1. The van der Waals surface area contributed by atoms with Crippen LogP contribution in [0.1, 0.15) is 0 Å². The van der Waals surface area contributed by atoms with Gasteiger partial charge < -0.3 is 9.47 Å². The molecule has 2 heterocycles. The second-order valence-corrected chi connectivity index (χ2v) is 3.44. The molecule has 6 heteroatoms. The highest BCUT2D eigenvalue weighted by Crippen LogP contribution is 2.42. The third-order valence-corrected chi connectivity index (χ3v) is 2.27. The smallest absolute Gasteiger partial charge is 0.395 e. The van der Waals surface area contributed by atoms with E-state index >= 15 is 0 Å². The van der Waals surface area contributed by atoms with Crippen molar-refractivity contribution in [3.63, 3.8) is 0 Å². The molecule has 4 nitrogen and oxygen atoms in total. The molecule has 0 bridgehead atoms. The lowest BCUT2D eigenvalue weighted by molar-refractivity contribution is -0.286. The van der Waals surface area contributed by atoms with E-state index < -0.39 is 6.29 Å². The van der Waals surface area contributed by atoms with E-state index in [0.29, 0.717) is 11.3 Å². The van der Waals surface area contributed by atoms with Crippen LogP contribution < -0.4 is 9.47 Å². The fraction of sp³-hybridized carbons (Fsp3) is 0.0909. The summed E-state index contributed by atoms with van der Waals surface area (Å²) in [4.78, 5) is 0. The molecule has 0 saturated carbocycles. The average molecular weight is 236 g/mol. The molecule has 0 spiro atoms. The molecule has 1 aliphatic rings. The fourth-order valence-corrected chi connectivity index (χ4v) is 1.56. The fourth-order valence-electron chi connectivity index (χ4n) is 1.56. The Morgan fingerprint density at radius 1 is 1.06 bits per heavy atom. The summed E-state index contributed by atoms with van der Waals surface area (Å²) in [5.74, 6) is 0.0146. The molecule has 1 aromatic carbocycles. The second-order valence-electron chi connectivity index (χ2n) is 3.44. The lowest BCUT2D eigenvalue weighted by Crippen LogP contribution is -2.25. The standard InChI is InChI=1S/C11H6F2N2O2/c12-11(13)16-9-4-3-7(6-10(9)17-11)8-2-1-5-14-15-8/h1-6H. The number of nitrogens with zero attached hydrogens (tertiary/aromatic N) is 2. The van der Waals surface area contributed by atoms with Gasteiger partial charge in [-0.15, -0.1) is 8.78 Å². The third-order valence-electron chi connectivity index (χ3n) is 2.27. The van der Waals surface area contributed by atoms with Gasteiger partial charge >= 0.3 is 6.29 Å². The van der Waals surface area contributed by atoms with E-state index in [-0.39, 0.29) is 11.5 Å². The molecule has 0 saturated heterocycles. The zero-order chi connectivity index (χ0) is 11.9. The summed E-state index contributed by atoms with van der Waals surface area (Å²) < 4.78 is 34.2. The van der Waals surface area contributed by atoms with Gasteiger partial charge in [0.15, 0.2) is 11.5 Å². The topological polar surface area (TPSA) is 44.2 Å². The molecular formula is C11H6F2N2O2. The first-order chi connectivity index (χ1) is 8.14. The van der Waals surface area contributed by atoms with E-state index in [4.69, 9.17) is 0 Å². The Labute approximate surface area is 94.8 Å². The minimum Gasteiger partial charge on any atom is -0.395 e. The quantitative estimate of drug-likeness (QED) is 0.762. The number of halogens is 2. The highest BCUT2D eigenvalue weighted by Gasteiger charge is 2.43. The Balaban J connectivity index is 2.02. The zero-order valence-electron chi connectivity index (χ0n) is 8.43. The van der Waals surface area contributed by atoms with Gasteiger partial charge in [0, 0.05) is 11.8 Å². The lowest BCUT2D eigenvalue weighted by Gasteiger charge is -2.04. The van der Waals surface area contributed by atoms with Gasteiger partial charge in [-0.2, -0.15) is 10.2 Å². The Morgan fingerprint density at radius 3 is 2.65 bits per heavy atom. The Hall–Kier alpha value is -2.24. The van der Waals surface area contributed by atoms with Crippen molar-refractivity contribution >= 4 is 0 Å². The second kappa shape index (κ2) is 3.38. The summed E-state index contributed by atoms with van der Waals surface area (Å²) in [5.41, 5.74) is 1.22. The van der Waals surface area contributed by atoms with Crippen molar-refractivity contribution in [3.8, 4) is 22.8 Å². The molecule has 1 aromatic heterocycles. The van der Waals surface area contributed by atoms with Crippen LogP contribution in [0.15, 0.2) is 36.5 Å². The molecule has 0 aliphatic carbocycles. The monoisotopic (exact) mass is 236 g/mol. The molecule has 1 aliphatic heterocycles. The largest absolute Gasteiger partial charge is 0.586 e. The number of fused-ring (bicyclic) bond motifs is 1. The minimum absolute atomic E-state index is 0.00171. The number of ether oxygens (including phenoxy) is 2. The van der Waals surface area contributed by atoms with Crippen molar-refractivity contribution in [2.45, 2.75) is 6.29 Å². The van der Waals surface area contributed by atoms with Crippen molar-refractivity contribution < 1.29 is 18.3 Å². The number of rotatable bonds is 1. The van der Waals surface area contributed by atoms with Crippen LogP contribution in [0.4, 0.5) is 8.78 Å². The SMILES string of the molecule is FC1(F)Oc2ccc(-c3cccnn3)cc2O1. The van der Waals surface area contributed by atoms with Gasteiger partial charge in [0.25, 0.3) is 0 Å². The molecule has 0 unspecified atom stereocenters. The van der Waals surface area contributed by atoms with Crippen molar-refractivity contribution in [2.24, 2.45) is 0 Å². The van der Waals surface area contributed by atoms with Crippen molar-refractivity contribution in [1.29, 1.82) is 0 Å². The first-order valence-corrected chi connectivity index (χ1v) is 4.82. The van der Waals surface area contributed by atoms with Gasteiger partial charge in [0.1, 0.15) is 0 Å². The summed E-state index contributed by atoms with van der Waals surface area (Å²) in [5, 5.41) is 7.59. The van der Waals surface area contributed by atoms with Gasteiger partial charge in [-0.3, -0.25) is 0 Å². The summed E-state index contributed by atoms with van der Waals surface area (Å²) in [6, 6.07) is 7.91. The number of benzene rings is 1. The van der Waals surface area contributed by atoms with E-state index in [0.717, 1.165) is 0 Å². The number of hydrogen-bond acceptors (Lipinski definition) is 4. The molecule has 0 radical (unpaired) electrons. The van der Waals surface area contributed by atoms with E-state index in [2.05, 4.69) is 19.7 Å². The van der Waals surface area contributed by atoms with Crippen LogP contribution in [0.25, 0.3) is 11.3 Å². The van der Waals surface area contributed by atoms with Gasteiger partial charge in [-0.1, -0.05) is 0 Å². The first kappa shape index (κ1) is 9.95. The molecule has 86 valence electrons. The summed E-state index contributed by atoms with van der Waals surface area (Å²) >= 11 is 0. The molecular weight excluding hydrogens is 230 g/mol. The van der Waals surface area contributed by atoms with Crippen molar-refractivity contribution in [1.82, 2.24) is 10.2 Å². The molecule has 2 aromatic rings. The molecule has 0 atom stereocenters. The van der Waals surface area contributed by atoms with Crippen LogP contribution in [-0.2, 0) is 0 Å². The zero-order valence-corrected chi connectivity index (χ0v) is 8.43. The van der Waals surface area contributed by atoms with Crippen molar-refractivity contribution in [2.75, 3.05) is 0 Å². The van der Waals surface area contributed by atoms with E-state index in [1.807, 2.05) is 0 Å². The highest BCUT2D eigenvalue weighted by molar-refractivity contribution is 5.63. The maximum Gasteiger partial charge on any atom is 0.586 e. The normalized spacial score (nSPS) is 15.9. The van der Waals surface area contributed by atoms with Crippen LogP contribution in [-0.4, -0.2) is 16.5 Å². The van der Waals surface area contributed by atoms with Crippen LogP contribution in [0, 0.1) is 0 Å². The summed E-state index contributed by atoms with van der Waals surface area (Å²) in [6.07, 6.45) is -2.06. The minimum atomic E-state index is -3.59. The van der Waals surface area contributed by atoms with Crippen LogP contribution >= 0.6 is 0 Å². The molecule has 3 rings (SSSR count). The Morgan fingerprint density at radius 2 is 1.88 bits per heavy atom. The maximum absolute atomic E-state index is 12.8. The third kappa shape index (κ3) is 1.77. The summed E-state index contributed by atoms with van der Waals surface area (Å²) in [7, 11) is 0. The van der Waals surface area contributed by atoms with Crippen LogP contribution in [0.2, 0.25) is 0 Å². The van der Waals surface area contributed by atoms with Crippen LogP contribution in [0.5, 0.6) is 11.5 Å². The van der Waals surface area contributed by atoms with Crippen molar-refractivity contribution in [3.05, 3.63) is 36.5 Å². The Bertz CT molecular complexity index is 561. The summed E-state index contributed by atoms with van der Waals surface area (Å²) in [6.45, 7) is 0. The number of alkyl halides is 2. The van der Waals surface area contributed by atoms with Gasteiger partial charge in [0.2, 0.25) is 0 Å². The first-order valence-electron chi connectivity index (χ1n) is 4.82. The molecule has 0 N–H and O–H groups in total. The predicted octanol–water partition coefficient (Wildman–Crippen LogP) is 2.47. The molecule has 17 heavy (non-hydrogen) atoms. The number of aromatic nitrogens is 2. The predicted molar refractivity (Wildman–Crippen MR) is 53.7 cm³/mol.